The molecular formula is C13H28N2O. The first-order valence-corrected chi connectivity index (χ1v) is 6.58. The van der Waals surface area contributed by atoms with Crippen molar-refractivity contribution in [2.45, 2.75) is 58.5 Å². The minimum atomic E-state index is 0.158. The van der Waals surface area contributed by atoms with E-state index in [9.17, 15) is 0 Å². The molecule has 3 nitrogen and oxygen atoms in total. The minimum Gasteiger partial charge on any atom is -0.396 e. The summed E-state index contributed by atoms with van der Waals surface area (Å²) < 4.78 is 0. The quantitative estimate of drug-likeness (QED) is 0.696. The van der Waals surface area contributed by atoms with Crippen LogP contribution in [0.1, 0.15) is 46.5 Å². The highest BCUT2D eigenvalue weighted by Crippen LogP contribution is 2.29. The van der Waals surface area contributed by atoms with E-state index in [-0.39, 0.29) is 11.5 Å². The Labute approximate surface area is 100 Å². The van der Waals surface area contributed by atoms with Gasteiger partial charge in [-0.25, -0.2) is 0 Å². The van der Waals surface area contributed by atoms with Crippen molar-refractivity contribution in [3.8, 4) is 0 Å². The first kappa shape index (κ1) is 13.9. The number of rotatable bonds is 7. The molecule has 0 heterocycles. The first-order valence-electron chi connectivity index (χ1n) is 6.58. The molecule has 3 heteroatoms. The van der Waals surface area contributed by atoms with Gasteiger partial charge in [-0.3, -0.25) is 4.90 Å². The molecule has 0 radical (unpaired) electrons. The molecule has 16 heavy (non-hydrogen) atoms. The highest BCUT2D eigenvalue weighted by Gasteiger charge is 2.31. The third-order valence-corrected chi connectivity index (χ3v) is 4.04. The number of nitrogens with two attached hydrogens (primary N) is 1. The molecule has 1 aliphatic rings. The standard InChI is InChI=1S/C13H28N2O/c1-11(14)13(2,3)10-15(8-5-9-16)12-6-4-7-12/h11-12,16H,4-10,14H2,1-3H3. The molecule has 0 saturated heterocycles. The molecule has 3 N–H and O–H groups in total. The van der Waals surface area contributed by atoms with Crippen molar-refractivity contribution in [3.05, 3.63) is 0 Å². The second-order valence-electron chi connectivity index (χ2n) is 5.91. The summed E-state index contributed by atoms with van der Waals surface area (Å²) >= 11 is 0. The number of aliphatic hydroxyl groups is 1. The van der Waals surface area contributed by atoms with Gasteiger partial charge in [0.25, 0.3) is 0 Å². The molecule has 0 aromatic rings. The number of hydrogen-bond donors (Lipinski definition) is 2. The summed E-state index contributed by atoms with van der Waals surface area (Å²) in [5, 5.41) is 8.94. The minimum absolute atomic E-state index is 0.158. The zero-order valence-corrected chi connectivity index (χ0v) is 11.1. The Kier molecular flexibility index (Phi) is 5.22. The van der Waals surface area contributed by atoms with E-state index in [2.05, 4.69) is 25.7 Å². The van der Waals surface area contributed by atoms with E-state index in [1.807, 2.05) is 0 Å². The van der Waals surface area contributed by atoms with Crippen molar-refractivity contribution in [3.63, 3.8) is 0 Å². The van der Waals surface area contributed by atoms with Gasteiger partial charge in [0.15, 0.2) is 0 Å². The van der Waals surface area contributed by atoms with Gasteiger partial charge in [-0.2, -0.15) is 0 Å². The van der Waals surface area contributed by atoms with Crippen LogP contribution in [0.2, 0.25) is 0 Å². The van der Waals surface area contributed by atoms with Gasteiger partial charge in [0.2, 0.25) is 0 Å². The Morgan fingerprint density at radius 3 is 2.44 bits per heavy atom. The maximum absolute atomic E-state index is 8.94. The van der Waals surface area contributed by atoms with E-state index in [0.29, 0.717) is 6.61 Å². The second-order valence-corrected chi connectivity index (χ2v) is 5.91. The zero-order chi connectivity index (χ0) is 12.2. The van der Waals surface area contributed by atoms with E-state index in [1.54, 1.807) is 0 Å². The lowest BCUT2D eigenvalue weighted by molar-refractivity contribution is 0.0674. The highest BCUT2D eigenvalue weighted by atomic mass is 16.3. The van der Waals surface area contributed by atoms with Crippen molar-refractivity contribution in [2.24, 2.45) is 11.1 Å². The van der Waals surface area contributed by atoms with Gasteiger partial charge in [0, 0.05) is 31.8 Å². The predicted octanol–water partition coefficient (Wildman–Crippen LogP) is 1.60. The lowest BCUT2D eigenvalue weighted by Gasteiger charge is -2.43. The largest absolute Gasteiger partial charge is 0.396 e. The van der Waals surface area contributed by atoms with Crippen LogP contribution in [-0.4, -0.2) is 41.8 Å². The van der Waals surface area contributed by atoms with Crippen molar-refractivity contribution in [1.82, 2.24) is 4.90 Å². The topological polar surface area (TPSA) is 49.5 Å². The average Bonchev–Trinajstić information content (AvgIpc) is 2.10. The van der Waals surface area contributed by atoms with E-state index in [1.165, 1.54) is 19.3 Å². The van der Waals surface area contributed by atoms with E-state index in [0.717, 1.165) is 25.6 Å². The molecule has 1 aliphatic carbocycles. The summed E-state index contributed by atoms with van der Waals surface area (Å²) in [6.45, 7) is 8.92. The third-order valence-electron chi connectivity index (χ3n) is 4.04. The SMILES string of the molecule is CC(N)C(C)(C)CN(CCCO)C1CCC1. The Morgan fingerprint density at radius 2 is 2.06 bits per heavy atom. The molecule has 0 aliphatic heterocycles. The fourth-order valence-corrected chi connectivity index (χ4v) is 2.08. The Bertz CT molecular complexity index is 200. The van der Waals surface area contributed by atoms with Crippen LogP contribution in [-0.2, 0) is 0 Å². The van der Waals surface area contributed by atoms with Crippen LogP contribution in [0, 0.1) is 5.41 Å². The molecule has 0 bridgehead atoms. The number of nitrogens with zero attached hydrogens (tertiary/aromatic N) is 1. The third kappa shape index (κ3) is 3.72. The Hall–Kier alpha value is -0.120. The second kappa shape index (κ2) is 5.99. The lowest BCUT2D eigenvalue weighted by atomic mass is 9.83. The maximum Gasteiger partial charge on any atom is 0.0443 e. The van der Waals surface area contributed by atoms with Crippen LogP contribution in [0.5, 0.6) is 0 Å². The van der Waals surface area contributed by atoms with Gasteiger partial charge >= 0.3 is 0 Å². The van der Waals surface area contributed by atoms with Crippen molar-refractivity contribution < 1.29 is 5.11 Å². The molecule has 0 aromatic heterocycles. The van der Waals surface area contributed by atoms with Crippen LogP contribution in [0.4, 0.5) is 0 Å². The molecular weight excluding hydrogens is 200 g/mol. The van der Waals surface area contributed by atoms with Gasteiger partial charge in [0.05, 0.1) is 0 Å². The van der Waals surface area contributed by atoms with Gasteiger partial charge in [-0.15, -0.1) is 0 Å². The van der Waals surface area contributed by atoms with Crippen LogP contribution in [0.25, 0.3) is 0 Å². The van der Waals surface area contributed by atoms with Crippen LogP contribution < -0.4 is 5.73 Å². The van der Waals surface area contributed by atoms with E-state index >= 15 is 0 Å². The van der Waals surface area contributed by atoms with Crippen molar-refractivity contribution in [1.29, 1.82) is 0 Å². The highest BCUT2D eigenvalue weighted by molar-refractivity contribution is 4.87. The summed E-state index contributed by atoms with van der Waals surface area (Å²) in [6, 6.07) is 0.953. The van der Waals surface area contributed by atoms with Crippen LogP contribution in [0.15, 0.2) is 0 Å². The fourth-order valence-electron chi connectivity index (χ4n) is 2.08. The van der Waals surface area contributed by atoms with E-state index < -0.39 is 0 Å². The first-order chi connectivity index (χ1) is 7.47. The predicted molar refractivity (Wildman–Crippen MR) is 68.3 cm³/mol. The monoisotopic (exact) mass is 228 g/mol. The summed E-state index contributed by atoms with van der Waals surface area (Å²) in [4.78, 5) is 2.53. The Balaban J connectivity index is 2.48. The maximum atomic E-state index is 8.94. The van der Waals surface area contributed by atoms with Gasteiger partial charge in [-0.1, -0.05) is 20.3 Å². The molecule has 1 unspecified atom stereocenters. The van der Waals surface area contributed by atoms with Crippen molar-refractivity contribution >= 4 is 0 Å². The fraction of sp³-hybridized carbons (Fsp3) is 1.00. The smallest absolute Gasteiger partial charge is 0.0443 e. The lowest BCUT2D eigenvalue weighted by Crippen LogP contribution is -2.50. The molecule has 0 amide bonds. The molecule has 1 rings (SSSR count). The summed E-state index contributed by atoms with van der Waals surface area (Å²) in [6.07, 6.45) is 4.88. The van der Waals surface area contributed by atoms with Crippen molar-refractivity contribution in [2.75, 3.05) is 19.7 Å². The summed E-state index contributed by atoms with van der Waals surface area (Å²) in [5.41, 5.74) is 6.19. The molecule has 1 fully saturated rings. The van der Waals surface area contributed by atoms with Crippen LogP contribution >= 0.6 is 0 Å². The number of aliphatic hydroxyl groups excluding tert-OH is 1. The molecule has 1 saturated carbocycles. The summed E-state index contributed by atoms with van der Waals surface area (Å²) in [7, 11) is 0. The Morgan fingerprint density at radius 1 is 1.44 bits per heavy atom. The normalized spacial score (nSPS) is 19.9. The molecule has 96 valence electrons. The molecule has 1 atom stereocenters. The average molecular weight is 228 g/mol. The molecule has 0 aromatic carbocycles. The van der Waals surface area contributed by atoms with Gasteiger partial charge < -0.3 is 10.8 Å². The zero-order valence-electron chi connectivity index (χ0n) is 11.1. The number of hydrogen-bond acceptors (Lipinski definition) is 3. The molecule has 0 spiro atoms. The summed E-state index contributed by atoms with van der Waals surface area (Å²) in [5.74, 6) is 0. The van der Waals surface area contributed by atoms with Gasteiger partial charge in [0.1, 0.15) is 0 Å². The van der Waals surface area contributed by atoms with Crippen LogP contribution in [0.3, 0.4) is 0 Å². The van der Waals surface area contributed by atoms with Gasteiger partial charge in [-0.05, 0) is 31.6 Å². The van der Waals surface area contributed by atoms with E-state index in [4.69, 9.17) is 10.8 Å².